The van der Waals surface area contributed by atoms with Crippen molar-refractivity contribution >= 4 is 27.6 Å². The largest absolute Gasteiger partial charge is 0.478 e. The number of sulfonamides is 1. The molecule has 0 saturated carbocycles. The van der Waals surface area contributed by atoms with Gasteiger partial charge in [-0.15, -0.1) is 5.92 Å². The van der Waals surface area contributed by atoms with Gasteiger partial charge in [-0.25, -0.2) is 13.2 Å². The van der Waals surface area contributed by atoms with Crippen LogP contribution < -0.4 is 0 Å². The molecule has 108 valence electrons. The Balaban J connectivity index is 3.38. The van der Waals surface area contributed by atoms with Crippen molar-refractivity contribution in [2.24, 2.45) is 0 Å². The predicted octanol–water partition coefficient (Wildman–Crippen LogP) is 1.99. The molecule has 5 nitrogen and oxygen atoms in total. The monoisotopic (exact) mass is 315 g/mol. The van der Waals surface area contributed by atoms with Crippen LogP contribution in [0, 0.1) is 18.8 Å². The van der Waals surface area contributed by atoms with Crippen LogP contribution in [0.1, 0.15) is 22.8 Å². The summed E-state index contributed by atoms with van der Waals surface area (Å²) < 4.78 is 25.6. The minimum Gasteiger partial charge on any atom is -0.478 e. The van der Waals surface area contributed by atoms with Crippen LogP contribution in [0.25, 0.3) is 0 Å². The third-order valence-corrected chi connectivity index (χ3v) is 4.91. The predicted molar refractivity (Wildman–Crippen MR) is 76.4 cm³/mol. The van der Waals surface area contributed by atoms with Crippen molar-refractivity contribution < 1.29 is 18.3 Å². The zero-order valence-corrected chi connectivity index (χ0v) is 12.8. The van der Waals surface area contributed by atoms with Gasteiger partial charge in [-0.05, 0) is 31.5 Å². The molecule has 0 aliphatic carbocycles. The first-order chi connectivity index (χ1) is 9.21. The summed E-state index contributed by atoms with van der Waals surface area (Å²) in [4.78, 5) is 10.9. The lowest BCUT2D eigenvalue weighted by Gasteiger charge is -2.16. The van der Waals surface area contributed by atoms with Gasteiger partial charge in [0.1, 0.15) is 0 Å². The Labute approximate surface area is 123 Å². The van der Waals surface area contributed by atoms with Crippen LogP contribution in [0.4, 0.5) is 0 Å². The fourth-order valence-corrected chi connectivity index (χ4v) is 2.89. The number of carboxylic acids is 1. The Morgan fingerprint density at radius 3 is 2.55 bits per heavy atom. The normalized spacial score (nSPS) is 11.1. The summed E-state index contributed by atoms with van der Waals surface area (Å²) in [5.74, 6) is 4.01. The fraction of sp³-hybridized carbons (Fsp3) is 0.308. The number of benzene rings is 1. The van der Waals surface area contributed by atoms with Crippen molar-refractivity contribution in [1.29, 1.82) is 0 Å². The minimum absolute atomic E-state index is 0.0206. The Morgan fingerprint density at radius 2 is 2.05 bits per heavy atom. The summed E-state index contributed by atoms with van der Waals surface area (Å²) >= 11 is 5.90. The quantitative estimate of drug-likeness (QED) is 0.862. The third-order valence-electron chi connectivity index (χ3n) is 2.73. The Hall–Kier alpha value is -1.55. The molecule has 0 aliphatic rings. The highest BCUT2D eigenvalue weighted by molar-refractivity contribution is 7.89. The van der Waals surface area contributed by atoms with Crippen LogP contribution >= 0.6 is 11.6 Å². The molecule has 1 aromatic carbocycles. The molecular weight excluding hydrogens is 302 g/mol. The van der Waals surface area contributed by atoms with E-state index in [-0.39, 0.29) is 22.0 Å². The van der Waals surface area contributed by atoms with Gasteiger partial charge in [0.25, 0.3) is 0 Å². The molecular formula is C13H14ClNO4S. The first kappa shape index (κ1) is 16.5. The summed E-state index contributed by atoms with van der Waals surface area (Å²) in [6, 6.07) is 2.35. The number of carbonyl (C=O) groups is 1. The Morgan fingerprint density at radius 1 is 1.45 bits per heavy atom. The number of nitrogens with zero attached hydrogens (tertiary/aromatic N) is 1. The average molecular weight is 316 g/mol. The van der Waals surface area contributed by atoms with Crippen LogP contribution in [0.2, 0.25) is 5.02 Å². The SMILES string of the molecule is CC#CCN(C)S(=O)(=O)c1cc(Cl)c(C)c(C(=O)O)c1. The van der Waals surface area contributed by atoms with Gasteiger partial charge in [-0.1, -0.05) is 17.5 Å². The molecule has 0 aliphatic heterocycles. The molecule has 0 spiro atoms. The summed E-state index contributed by atoms with van der Waals surface area (Å²) in [6.45, 7) is 3.15. The average Bonchev–Trinajstić information content (AvgIpc) is 2.38. The first-order valence-electron chi connectivity index (χ1n) is 5.61. The molecule has 1 rings (SSSR count). The maximum Gasteiger partial charge on any atom is 0.336 e. The van der Waals surface area contributed by atoms with Crippen LogP contribution in [-0.4, -0.2) is 37.4 Å². The second-order valence-electron chi connectivity index (χ2n) is 4.07. The number of hydrogen-bond acceptors (Lipinski definition) is 3. The molecule has 0 fully saturated rings. The van der Waals surface area contributed by atoms with Crippen molar-refractivity contribution in [3.8, 4) is 11.8 Å². The zero-order chi connectivity index (χ0) is 15.5. The van der Waals surface area contributed by atoms with E-state index in [0.717, 1.165) is 10.4 Å². The molecule has 20 heavy (non-hydrogen) atoms. The van der Waals surface area contributed by atoms with Gasteiger partial charge < -0.3 is 5.11 Å². The number of carboxylic acid groups (broad SMARTS) is 1. The standard InChI is InChI=1S/C13H14ClNO4S/c1-4-5-6-15(3)20(18,19)10-7-11(13(16)17)9(2)12(14)8-10/h7-8H,6H2,1-3H3,(H,16,17). The molecule has 1 N–H and O–H groups in total. The lowest BCUT2D eigenvalue weighted by Crippen LogP contribution is -2.27. The smallest absolute Gasteiger partial charge is 0.336 e. The van der Waals surface area contributed by atoms with Crippen LogP contribution in [0.15, 0.2) is 17.0 Å². The van der Waals surface area contributed by atoms with E-state index >= 15 is 0 Å². The third kappa shape index (κ3) is 3.31. The van der Waals surface area contributed by atoms with Gasteiger partial charge in [0.05, 0.1) is 17.0 Å². The van der Waals surface area contributed by atoms with Crippen LogP contribution in [0.5, 0.6) is 0 Å². The van der Waals surface area contributed by atoms with Crippen molar-refractivity contribution in [3.63, 3.8) is 0 Å². The number of hydrogen-bond donors (Lipinski definition) is 1. The second kappa shape index (κ2) is 6.27. The molecule has 0 atom stereocenters. The highest BCUT2D eigenvalue weighted by Crippen LogP contribution is 2.26. The molecule has 0 bridgehead atoms. The fourth-order valence-electron chi connectivity index (χ4n) is 1.48. The van der Waals surface area contributed by atoms with Gasteiger partial charge in [0, 0.05) is 12.1 Å². The van der Waals surface area contributed by atoms with Crippen LogP contribution in [0.3, 0.4) is 0 Å². The highest BCUT2D eigenvalue weighted by Gasteiger charge is 2.23. The summed E-state index contributed by atoms with van der Waals surface area (Å²) in [7, 11) is -2.45. The summed E-state index contributed by atoms with van der Waals surface area (Å²) in [5, 5.41) is 9.17. The van der Waals surface area contributed by atoms with Gasteiger partial charge >= 0.3 is 5.97 Å². The maximum atomic E-state index is 12.3. The van der Waals surface area contributed by atoms with E-state index in [1.807, 2.05) is 0 Å². The Bertz CT molecular complexity index is 701. The molecule has 0 amide bonds. The van der Waals surface area contributed by atoms with Crippen molar-refractivity contribution in [3.05, 3.63) is 28.3 Å². The molecule has 0 aromatic heterocycles. The van der Waals surface area contributed by atoms with E-state index in [1.54, 1.807) is 6.92 Å². The van der Waals surface area contributed by atoms with E-state index in [4.69, 9.17) is 16.7 Å². The van der Waals surface area contributed by atoms with Gasteiger partial charge in [-0.2, -0.15) is 4.31 Å². The van der Waals surface area contributed by atoms with Crippen molar-refractivity contribution in [2.75, 3.05) is 13.6 Å². The topological polar surface area (TPSA) is 74.7 Å². The lowest BCUT2D eigenvalue weighted by molar-refractivity contribution is 0.0696. The zero-order valence-electron chi connectivity index (χ0n) is 11.3. The van der Waals surface area contributed by atoms with E-state index in [9.17, 15) is 13.2 Å². The van der Waals surface area contributed by atoms with Gasteiger partial charge in [0.15, 0.2) is 0 Å². The summed E-state index contributed by atoms with van der Waals surface area (Å²) in [5.41, 5.74) is 0.195. The molecule has 1 aromatic rings. The van der Waals surface area contributed by atoms with E-state index < -0.39 is 16.0 Å². The van der Waals surface area contributed by atoms with E-state index in [2.05, 4.69) is 11.8 Å². The minimum atomic E-state index is -3.82. The Kier molecular flexibility index (Phi) is 5.17. The molecule has 0 heterocycles. The van der Waals surface area contributed by atoms with Crippen molar-refractivity contribution in [1.82, 2.24) is 4.31 Å². The highest BCUT2D eigenvalue weighted by atomic mass is 35.5. The first-order valence-corrected chi connectivity index (χ1v) is 7.43. The molecule has 0 unspecified atom stereocenters. The lowest BCUT2D eigenvalue weighted by atomic mass is 10.1. The number of aromatic carboxylic acids is 1. The van der Waals surface area contributed by atoms with Crippen LogP contribution in [-0.2, 0) is 10.0 Å². The molecule has 0 radical (unpaired) electrons. The van der Waals surface area contributed by atoms with E-state index in [1.165, 1.54) is 20.0 Å². The van der Waals surface area contributed by atoms with Crippen molar-refractivity contribution in [2.45, 2.75) is 18.7 Å². The van der Waals surface area contributed by atoms with Gasteiger partial charge in [0.2, 0.25) is 10.0 Å². The maximum absolute atomic E-state index is 12.3. The second-order valence-corrected chi connectivity index (χ2v) is 6.52. The number of halogens is 1. The number of rotatable bonds is 4. The molecule has 0 saturated heterocycles. The molecule has 7 heteroatoms. The van der Waals surface area contributed by atoms with Gasteiger partial charge in [-0.3, -0.25) is 0 Å². The van der Waals surface area contributed by atoms with E-state index in [0.29, 0.717) is 5.56 Å². The summed E-state index contributed by atoms with van der Waals surface area (Å²) in [6.07, 6.45) is 0.